The van der Waals surface area contributed by atoms with E-state index in [1.807, 2.05) is 6.92 Å². The number of rotatable bonds is 24. The third-order valence-corrected chi connectivity index (χ3v) is 6.43. The zero-order valence-corrected chi connectivity index (χ0v) is 21.2. The highest BCUT2D eigenvalue weighted by atomic mass is 16.5. The highest BCUT2D eigenvalue weighted by molar-refractivity contribution is 5.72. The van der Waals surface area contributed by atoms with Gasteiger partial charge in [0.25, 0.3) is 0 Å². The van der Waals surface area contributed by atoms with Crippen LogP contribution in [0.25, 0.3) is 0 Å². The van der Waals surface area contributed by atoms with Crippen LogP contribution in [0, 0.1) is 5.92 Å². The minimum absolute atomic E-state index is 0.0596. The molecule has 0 aliphatic heterocycles. The molecule has 0 saturated heterocycles. The molecule has 0 aromatic heterocycles. The fourth-order valence-corrected chi connectivity index (χ4v) is 4.40. The largest absolute Gasteiger partial charge is 0.466 e. The van der Waals surface area contributed by atoms with E-state index in [-0.39, 0.29) is 11.9 Å². The number of carbonyl (C=O) groups is 1. The van der Waals surface area contributed by atoms with E-state index in [0.717, 1.165) is 12.8 Å². The minimum Gasteiger partial charge on any atom is -0.466 e. The number of ether oxygens (including phenoxy) is 1. The molecule has 2 heteroatoms. The quantitative estimate of drug-likeness (QED) is 0.114. The van der Waals surface area contributed by atoms with Crippen LogP contribution in [0.1, 0.15) is 162 Å². The van der Waals surface area contributed by atoms with Gasteiger partial charge in [0.1, 0.15) is 0 Å². The number of hydrogen-bond acceptors (Lipinski definition) is 2. The summed E-state index contributed by atoms with van der Waals surface area (Å²) in [5, 5.41) is 0. The Morgan fingerprint density at radius 3 is 1.10 bits per heavy atom. The summed E-state index contributed by atoms with van der Waals surface area (Å²) in [5.74, 6) is 0.206. The van der Waals surface area contributed by atoms with Gasteiger partial charge in [-0.2, -0.15) is 0 Å². The maximum atomic E-state index is 12.3. The Balaban J connectivity index is 3.70. The molecule has 0 unspecified atom stereocenters. The molecule has 0 aliphatic rings. The molecule has 180 valence electrons. The number of carbonyl (C=O) groups excluding carboxylic acids is 1. The zero-order valence-electron chi connectivity index (χ0n) is 21.2. The maximum absolute atomic E-state index is 12.3. The van der Waals surface area contributed by atoms with Gasteiger partial charge in [-0.05, 0) is 19.8 Å². The standard InChI is InChI=1S/C28H56O2/c1-4-7-9-11-13-15-17-19-21-23-25-27(28(29)30-6-3)26-24-22-20-18-16-14-12-10-8-5-2/h27H,4-26H2,1-3H3. The Kier molecular flexibility index (Phi) is 24.3. The predicted molar refractivity (Wildman–Crippen MR) is 133 cm³/mol. The second kappa shape index (κ2) is 24.7. The van der Waals surface area contributed by atoms with E-state index in [1.54, 1.807) is 0 Å². The monoisotopic (exact) mass is 424 g/mol. The molecule has 0 heterocycles. The highest BCUT2D eigenvalue weighted by Crippen LogP contribution is 2.21. The summed E-state index contributed by atoms with van der Waals surface area (Å²) in [4.78, 5) is 12.3. The minimum atomic E-state index is 0.0596. The summed E-state index contributed by atoms with van der Waals surface area (Å²) in [5.41, 5.74) is 0. The van der Waals surface area contributed by atoms with Crippen LogP contribution < -0.4 is 0 Å². The molecule has 0 atom stereocenters. The summed E-state index contributed by atoms with van der Waals surface area (Å²) in [6.45, 7) is 7.00. The first-order valence-corrected chi connectivity index (χ1v) is 13.9. The molecule has 0 bridgehead atoms. The smallest absolute Gasteiger partial charge is 0.308 e. The topological polar surface area (TPSA) is 26.3 Å². The Hall–Kier alpha value is -0.530. The zero-order chi connectivity index (χ0) is 22.1. The summed E-state index contributed by atoms with van der Waals surface area (Å²) in [6.07, 6.45) is 29.1. The van der Waals surface area contributed by atoms with Crippen LogP contribution in [0.3, 0.4) is 0 Å². The second-order valence-electron chi connectivity index (χ2n) is 9.39. The molecule has 0 aromatic carbocycles. The van der Waals surface area contributed by atoms with Crippen molar-refractivity contribution in [3.8, 4) is 0 Å². The first kappa shape index (κ1) is 29.5. The van der Waals surface area contributed by atoms with Gasteiger partial charge in [-0.3, -0.25) is 4.79 Å². The van der Waals surface area contributed by atoms with E-state index in [0.29, 0.717) is 6.61 Å². The van der Waals surface area contributed by atoms with Crippen LogP contribution in [0.4, 0.5) is 0 Å². The molecule has 0 spiro atoms. The van der Waals surface area contributed by atoms with E-state index < -0.39 is 0 Å². The third kappa shape index (κ3) is 20.7. The lowest BCUT2D eigenvalue weighted by atomic mass is 9.94. The molecule has 30 heavy (non-hydrogen) atoms. The molecule has 0 rings (SSSR count). The summed E-state index contributed by atoms with van der Waals surface area (Å²) in [6, 6.07) is 0. The van der Waals surface area contributed by atoms with Gasteiger partial charge < -0.3 is 4.74 Å². The van der Waals surface area contributed by atoms with E-state index >= 15 is 0 Å². The summed E-state index contributed by atoms with van der Waals surface area (Å²) in [7, 11) is 0. The first-order valence-electron chi connectivity index (χ1n) is 13.9. The Labute approximate surface area is 190 Å². The van der Waals surface area contributed by atoms with Crippen molar-refractivity contribution in [1.29, 1.82) is 0 Å². The molecule has 2 nitrogen and oxygen atoms in total. The van der Waals surface area contributed by atoms with Gasteiger partial charge in [0.15, 0.2) is 0 Å². The number of hydrogen-bond donors (Lipinski definition) is 0. The third-order valence-electron chi connectivity index (χ3n) is 6.43. The van der Waals surface area contributed by atoms with Crippen molar-refractivity contribution in [2.75, 3.05) is 6.61 Å². The summed E-state index contributed by atoms with van der Waals surface area (Å²) < 4.78 is 5.35. The van der Waals surface area contributed by atoms with Crippen LogP contribution in [-0.2, 0) is 9.53 Å². The van der Waals surface area contributed by atoms with Gasteiger partial charge in [-0.25, -0.2) is 0 Å². The first-order chi connectivity index (χ1) is 14.8. The molecule has 0 aromatic rings. The Morgan fingerprint density at radius 1 is 0.500 bits per heavy atom. The molecule has 0 amide bonds. The van der Waals surface area contributed by atoms with Crippen molar-refractivity contribution in [1.82, 2.24) is 0 Å². The van der Waals surface area contributed by atoms with E-state index in [4.69, 9.17) is 4.74 Å². The second-order valence-corrected chi connectivity index (χ2v) is 9.39. The van der Waals surface area contributed by atoms with Crippen molar-refractivity contribution >= 4 is 5.97 Å². The lowest BCUT2D eigenvalue weighted by molar-refractivity contribution is -0.148. The van der Waals surface area contributed by atoms with Crippen LogP contribution in [0.5, 0.6) is 0 Å². The van der Waals surface area contributed by atoms with Gasteiger partial charge in [0.2, 0.25) is 0 Å². The molecular formula is C28H56O2. The average molecular weight is 425 g/mol. The van der Waals surface area contributed by atoms with Gasteiger partial charge >= 0.3 is 5.97 Å². The Morgan fingerprint density at radius 2 is 0.800 bits per heavy atom. The fraction of sp³-hybridized carbons (Fsp3) is 0.964. The molecule has 0 N–H and O–H groups in total. The van der Waals surface area contributed by atoms with Crippen molar-refractivity contribution < 1.29 is 9.53 Å². The van der Waals surface area contributed by atoms with E-state index in [1.165, 1.54) is 128 Å². The fourth-order valence-electron chi connectivity index (χ4n) is 4.40. The van der Waals surface area contributed by atoms with Gasteiger partial charge in [-0.1, -0.05) is 142 Å². The number of unbranched alkanes of at least 4 members (excludes halogenated alkanes) is 18. The van der Waals surface area contributed by atoms with E-state index in [9.17, 15) is 4.79 Å². The van der Waals surface area contributed by atoms with Gasteiger partial charge in [0, 0.05) is 0 Å². The Bertz CT molecular complexity index is 316. The predicted octanol–water partition coefficient (Wildman–Crippen LogP) is 9.79. The van der Waals surface area contributed by atoms with Crippen LogP contribution in [-0.4, -0.2) is 12.6 Å². The van der Waals surface area contributed by atoms with E-state index in [2.05, 4.69) is 13.8 Å². The molecular weight excluding hydrogens is 368 g/mol. The molecule has 0 radical (unpaired) electrons. The lowest BCUT2D eigenvalue weighted by Crippen LogP contribution is -2.18. The van der Waals surface area contributed by atoms with Crippen LogP contribution >= 0.6 is 0 Å². The molecule has 0 saturated carbocycles. The normalized spacial score (nSPS) is 11.3. The maximum Gasteiger partial charge on any atom is 0.308 e. The van der Waals surface area contributed by atoms with Crippen molar-refractivity contribution in [3.63, 3.8) is 0 Å². The average Bonchev–Trinajstić information content (AvgIpc) is 2.75. The highest BCUT2D eigenvalue weighted by Gasteiger charge is 2.18. The van der Waals surface area contributed by atoms with Crippen molar-refractivity contribution in [2.45, 2.75) is 162 Å². The van der Waals surface area contributed by atoms with Crippen LogP contribution in [0.2, 0.25) is 0 Å². The number of esters is 1. The van der Waals surface area contributed by atoms with Gasteiger partial charge in [0.05, 0.1) is 12.5 Å². The summed E-state index contributed by atoms with van der Waals surface area (Å²) >= 11 is 0. The molecule has 0 fully saturated rings. The lowest BCUT2D eigenvalue weighted by Gasteiger charge is -2.15. The van der Waals surface area contributed by atoms with Gasteiger partial charge in [-0.15, -0.1) is 0 Å². The molecule has 0 aliphatic carbocycles. The van der Waals surface area contributed by atoms with Crippen molar-refractivity contribution in [3.05, 3.63) is 0 Å². The SMILES string of the molecule is CCCCCCCCCCCCC(CCCCCCCCCCCC)C(=O)OCC. The van der Waals surface area contributed by atoms with Crippen molar-refractivity contribution in [2.24, 2.45) is 5.92 Å². The van der Waals surface area contributed by atoms with Crippen LogP contribution in [0.15, 0.2) is 0 Å².